The molecule has 0 aliphatic carbocycles. The molecule has 0 atom stereocenters. The van der Waals surface area contributed by atoms with Crippen molar-refractivity contribution >= 4 is 41.1 Å². The molecule has 4 nitrogen and oxygen atoms in total. The Morgan fingerprint density at radius 1 is 1.04 bits per heavy atom. The van der Waals surface area contributed by atoms with E-state index in [0.29, 0.717) is 6.54 Å². The molecule has 4 aromatic rings. The number of aromatic amines is 1. The highest BCUT2D eigenvalue weighted by molar-refractivity contribution is 7.80. The van der Waals surface area contributed by atoms with E-state index in [1.165, 1.54) is 0 Å². The third kappa shape index (κ3) is 3.48. The van der Waals surface area contributed by atoms with Gasteiger partial charge in [0.25, 0.3) is 0 Å². The third-order valence-electron chi connectivity index (χ3n) is 3.95. The molecule has 0 saturated carbocycles. The topological polar surface area (TPSA) is 53.6 Å². The van der Waals surface area contributed by atoms with Crippen LogP contribution in [0, 0.1) is 0 Å². The number of rotatable bonds is 4. The number of fused-ring (bicyclic) bond motifs is 1. The minimum Gasteiger partial charge on any atom is -0.365 e. The predicted octanol–water partition coefficient (Wildman–Crippen LogP) is 5.18. The number of aromatic nitrogens is 3. The molecule has 0 saturated heterocycles. The highest BCUT2D eigenvalue weighted by Gasteiger charge is 2.09. The van der Waals surface area contributed by atoms with Gasteiger partial charge in [0.2, 0.25) is 0 Å². The summed E-state index contributed by atoms with van der Waals surface area (Å²) < 4.78 is 0. The van der Waals surface area contributed by atoms with Crippen LogP contribution in [-0.4, -0.2) is 15.0 Å². The number of thiol groups is 1. The summed E-state index contributed by atoms with van der Waals surface area (Å²) in [5.74, 6) is 0.790. The predicted molar refractivity (Wildman–Crippen MR) is 105 cm³/mol. The number of hydrogen-bond donors (Lipinski definition) is 3. The molecule has 0 spiro atoms. The van der Waals surface area contributed by atoms with Crippen LogP contribution in [-0.2, 0) is 6.54 Å². The molecule has 0 bridgehead atoms. The van der Waals surface area contributed by atoms with Gasteiger partial charge in [0.1, 0.15) is 17.8 Å². The van der Waals surface area contributed by atoms with E-state index in [1.807, 2.05) is 48.5 Å². The summed E-state index contributed by atoms with van der Waals surface area (Å²) in [5.41, 5.74) is 3.97. The van der Waals surface area contributed by atoms with Gasteiger partial charge in [0, 0.05) is 22.2 Å². The summed E-state index contributed by atoms with van der Waals surface area (Å²) in [6.07, 6.45) is 1.56. The van der Waals surface area contributed by atoms with E-state index < -0.39 is 0 Å². The maximum atomic E-state index is 6.04. The Morgan fingerprint density at radius 2 is 1.88 bits per heavy atom. The van der Waals surface area contributed by atoms with E-state index >= 15 is 0 Å². The van der Waals surface area contributed by atoms with E-state index in [4.69, 9.17) is 11.6 Å². The Bertz CT molecular complexity index is 1030. The first-order valence-corrected chi connectivity index (χ1v) is 8.63. The van der Waals surface area contributed by atoms with Crippen molar-refractivity contribution in [1.82, 2.24) is 15.0 Å². The molecule has 0 fully saturated rings. The van der Waals surface area contributed by atoms with Gasteiger partial charge in [-0.15, -0.1) is 12.6 Å². The van der Waals surface area contributed by atoms with E-state index in [0.717, 1.165) is 43.6 Å². The zero-order valence-electron chi connectivity index (χ0n) is 13.2. The molecule has 6 heteroatoms. The van der Waals surface area contributed by atoms with Crippen molar-refractivity contribution in [3.63, 3.8) is 0 Å². The van der Waals surface area contributed by atoms with Crippen LogP contribution in [0.1, 0.15) is 5.56 Å². The molecule has 2 aromatic heterocycles. The van der Waals surface area contributed by atoms with Gasteiger partial charge in [-0.1, -0.05) is 35.9 Å². The quantitative estimate of drug-likeness (QED) is 0.436. The minimum atomic E-state index is 0.640. The van der Waals surface area contributed by atoms with Crippen molar-refractivity contribution in [2.45, 2.75) is 11.4 Å². The van der Waals surface area contributed by atoms with Crippen LogP contribution in [0.4, 0.5) is 5.82 Å². The summed E-state index contributed by atoms with van der Waals surface area (Å²) in [7, 11) is 0. The Kier molecular flexibility index (Phi) is 4.34. The van der Waals surface area contributed by atoms with Gasteiger partial charge in [-0.2, -0.15) is 0 Å². The maximum Gasteiger partial charge on any atom is 0.143 e. The lowest BCUT2D eigenvalue weighted by Gasteiger charge is -2.06. The molecule has 2 heterocycles. The monoisotopic (exact) mass is 366 g/mol. The number of hydrogen-bond acceptors (Lipinski definition) is 4. The Labute approximate surface area is 155 Å². The van der Waals surface area contributed by atoms with Crippen LogP contribution >= 0.6 is 24.2 Å². The molecule has 0 amide bonds. The zero-order valence-corrected chi connectivity index (χ0v) is 14.9. The van der Waals surface area contributed by atoms with E-state index in [9.17, 15) is 0 Å². The molecular weight excluding hydrogens is 352 g/mol. The second kappa shape index (κ2) is 6.78. The van der Waals surface area contributed by atoms with E-state index in [-0.39, 0.29) is 0 Å². The standard InChI is InChI=1S/C19H15ClN4S/c20-14-3-1-2-12(8-14)10-21-18-16-9-17(24-19(16)23-11-22-18)13-4-6-15(25)7-5-13/h1-9,11,25H,10H2,(H2,21,22,23,24). The number of nitrogens with zero attached hydrogens (tertiary/aromatic N) is 2. The highest BCUT2D eigenvalue weighted by atomic mass is 35.5. The van der Waals surface area contributed by atoms with E-state index in [1.54, 1.807) is 6.33 Å². The zero-order chi connectivity index (χ0) is 17.2. The first-order valence-electron chi connectivity index (χ1n) is 7.80. The van der Waals surface area contributed by atoms with Gasteiger partial charge in [-0.05, 0) is 41.5 Å². The molecule has 4 rings (SSSR count). The van der Waals surface area contributed by atoms with Gasteiger partial charge in [0.15, 0.2) is 0 Å². The number of benzene rings is 2. The number of halogens is 1. The van der Waals surface area contributed by atoms with Crippen molar-refractivity contribution in [2.24, 2.45) is 0 Å². The van der Waals surface area contributed by atoms with Crippen LogP contribution in [0.3, 0.4) is 0 Å². The normalized spacial score (nSPS) is 11.0. The highest BCUT2D eigenvalue weighted by Crippen LogP contribution is 2.27. The van der Waals surface area contributed by atoms with Crippen LogP contribution in [0.25, 0.3) is 22.3 Å². The molecule has 25 heavy (non-hydrogen) atoms. The number of nitrogens with one attached hydrogen (secondary N) is 2. The van der Waals surface area contributed by atoms with Gasteiger partial charge >= 0.3 is 0 Å². The fraction of sp³-hybridized carbons (Fsp3) is 0.0526. The van der Waals surface area contributed by atoms with Crippen molar-refractivity contribution in [3.05, 3.63) is 71.5 Å². The smallest absolute Gasteiger partial charge is 0.143 e. The number of anilines is 1. The molecule has 124 valence electrons. The fourth-order valence-corrected chi connectivity index (χ4v) is 3.07. The Balaban J connectivity index is 1.64. The average molecular weight is 367 g/mol. The largest absolute Gasteiger partial charge is 0.365 e. The molecule has 0 aliphatic heterocycles. The maximum absolute atomic E-state index is 6.04. The second-order valence-corrected chi connectivity index (χ2v) is 6.65. The van der Waals surface area contributed by atoms with Crippen LogP contribution < -0.4 is 5.32 Å². The Morgan fingerprint density at radius 3 is 2.68 bits per heavy atom. The molecular formula is C19H15ClN4S. The summed E-state index contributed by atoms with van der Waals surface area (Å²) in [5, 5.41) is 5.04. The molecule has 0 radical (unpaired) electrons. The minimum absolute atomic E-state index is 0.640. The molecule has 2 N–H and O–H groups in total. The summed E-state index contributed by atoms with van der Waals surface area (Å²) in [4.78, 5) is 13.0. The average Bonchev–Trinajstić information content (AvgIpc) is 3.05. The number of H-pyrrole nitrogens is 1. The van der Waals surface area contributed by atoms with Gasteiger partial charge in [0.05, 0.1) is 5.39 Å². The lowest BCUT2D eigenvalue weighted by Crippen LogP contribution is -2.01. The van der Waals surface area contributed by atoms with Crippen LogP contribution in [0.15, 0.2) is 65.8 Å². The van der Waals surface area contributed by atoms with Crippen molar-refractivity contribution < 1.29 is 0 Å². The first-order chi connectivity index (χ1) is 12.2. The summed E-state index contributed by atoms with van der Waals surface area (Å²) >= 11 is 10.4. The second-order valence-electron chi connectivity index (χ2n) is 5.70. The summed E-state index contributed by atoms with van der Waals surface area (Å²) in [6.45, 7) is 0.640. The van der Waals surface area contributed by atoms with Gasteiger partial charge in [-0.25, -0.2) is 9.97 Å². The van der Waals surface area contributed by atoms with Crippen LogP contribution in [0.5, 0.6) is 0 Å². The van der Waals surface area contributed by atoms with Crippen molar-refractivity contribution in [1.29, 1.82) is 0 Å². The van der Waals surface area contributed by atoms with E-state index in [2.05, 4.69) is 39.0 Å². The lowest BCUT2D eigenvalue weighted by molar-refractivity contribution is 1.10. The van der Waals surface area contributed by atoms with Crippen LogP contribution in [0.2, 0.25) is 5.02 Å². The van der Waals surface area contributed by atoms with Gasteiger partial charge in [-0.3, -0.25) is 0 Å². The van der Waals surface area contributed by atoms with Crippen molar-refractivity contribution in [3.8, 4) is 11.3 Å². The SMILES string of the molecule is Sc1ccc(-c2cc3c(NCc4cccc(Cl)c4)ncnc3[nH]2)cc1. The fourth-order valence-electron chi connectivity index (χ4n) is 2.71. The summed E-state index contributed by atoms with van der Waals surface area (Å²) in [6, 6.07) is 17.8. The molecule has 2 aromatic carbocycles. The van der Waals surface area contributed by atoms with Gasteiger partial charge < -0.3 is 10.3 Å². The third-order valence-corrected chi connectivity index (χ3v) is 4.49. The Hall–Kier alpha value is -2.50. The first kappa shape index (κ1) is 16.0. The van der Waals surface area contributed by atoms with Crippen molar-refractivity contribution in [2.75, 3.05) is 5.32 Å². The molecule has 0 aliphatic rings. The molecule has 0 unspecified atom stereocenters. The lowest BCUT2D eigenvalue weighted by atomic mass is 10.1.